The molecule has 0 saturated carbocycles. The van der Waals surface area contributed by atoms with Crippen LogP contribution in [0.25, 0.3) is 0 Å². The molecule has 2 aromatic rings. The van der Waals surface area contributed by atoms with E-state index < -0.39 is 36.3 Å². The summed E-state index contributed by atoms with van der Waals surface area (Å²) in [5, 5.41) is 19.7. The molecule has 3 rings (SSSR count). The summed E-state index contributed by atoms with van der Waals surface area (Å²) in [4.78, 5) is 19.1. The molecule has 228 valence electrons. The van der Waals surface area contributed by atoms with E-state index in [-0.39, 0.29) is 31.2 Å². The lowest BCUT2D eigenvalue weighted by Crippen LogP contribution is -2.29. The van der Waals surface area contributed by atoms with E-state index in [1.165, 1.54) is 0 Å². The molecule has 0 radical (unpaired) electrons. The zero-order valence-electron chi connectivity index (χ0n) is 25.1. The number of amides is 1. The van der Waals surface area contributed by atoms with Crippen molar-refractivity contribution in [3.63, 3.8) is 0 Å². The Morgan fingerprint density at radius 3 is 2.17 bits per heavy atom. The number of nitrogens with zero attached hydrogens (tertiary/aromatic N) is 4. The van der Waals surface area contributed by atoms with Crippen LogP contribution >= 0.6 is 33.1 Å². The van der Waals surface area contributed by atoms with Crippen LogP contribution in [-0.4, -0.2) is 41.3 Å². The molecular weight excluding hydrogens is 593 g/mol. The molecule has 1 aromatic heterocycles. The van der Waals surface area contributed by atoms with Crippen molar-refractivity contribution in [2.45, 2.75) is 88.9 Å². The summed E-state index contributed by atoms with van der Waals surface area (Å²) in [5.41, 5.74) is 5.95. The predicted octanol–water partition coefficient (Wildman–Crippen LogP) is 6.15. The van der Waals surface area contributed by atoms with Gasteiger partial charge in [0, 0.05) is 13.1 Å². The number of primary amides is 1. The molecule has 0 unspecified atom stereocenters. The molecule has 0 bridgehead atoms. The van der Waals surface area contributed by atoms with Crippen molar-refractivity contribution in [2.24, 2.45) is 5.73 Å². The number of hydrogen-bond acceptors (Lipinski definition) is 10. The minimum Gasteiger partial charge on any atom is -0.368 e. The van der Waals surface area contributed by atoms with Gasteiger partial charge < -0.3 is 10.6 Å². The summed E-state index contributed by atoms with van der Waals surface area (Å²) in [6, 6.07) is 13.4. The van der Waals surface area contributed by atoms with Crippen molar-refractivity contribution in [2.75, 3.05) is 18.0 Å². The molecule has 0 spiro atoms. The zero-order valence-corrected chi connectivity index (χ0v) is 27.8. The van der Waals surface area contributed by atoms with E-state index in [9.17, 15) is 19.9 Å². The first-order chi connectivity index (χ1) is 19.1. The number of nitriles is 2. The van der Waals surface area contributed by atoms with Gasteiger partial charge in [-0.15, -0.1) is 0 Å². The van der Waals surface area contributed by atoms with Gasteiger partial charge in [0.2, 0.25) is 5.91 Å². The highest BCUT2D eigenvalue weighted by atomic mass is 32.2. The number of aromatic nitrogens is 1. The van der Waals surface area contributed by atoms with Crippen LogP contribution in [0.4, 0.5) is 5.82 Å². The second kappa shape index (κ2) is 14.3. The molecule has 1 fully saturated rings. The summed E-state index contributed by atoms with van der Waals surface area (Å²) >= 11 is 1.09. The number of carbonyl (C=O) groups is 1. The second-order valence-electron chi connectivity index (χ2n) is 11.7. The highest BCUT2D eigenvalue weighted by Gasteiger charge is 2.41. The van der Waals surface area contributed by atoms with Gasteiger partial charge in [-0.2, -0.15) is 24.0 Å². The summed E-state index contributed by atoms with van der Waals surface area (Å²) in [5.74, 6) is -0.199. The Morgan fingerprint density at radius 1 is 1.12 bits per heavy atom. The van der Waals surface area contributed by atoms with Crippen LogP contribution in [0.2, 0.25) is 0 Å². The Bertz CT molecular complexity index is 1380. The third-order valence-corrected chi connectivity index (χ3v) is 9.27. The van der Waals surface area contributed by atoms with Crippen molar-refractivity contribution in [1.82, 2.24) is 4.98 Å². The molecule has 1 aromatic carbocycles. The van der Waals surface area contributed by atoms with E-state index in [1.54, 1.807) is 53.7 Å². The number of carbonyl (C=O) groups excluding carboxylic acids is 1. The van der Waals surface area contributed by atoms with Crippen LogP contribution in [0, 0.1) is 22.7 Å². The number of rotatable bonds is 10. The van der Waals surface area contributed by atoms with E-state index in [4.69, 9.17) is 24.3 Å². The van der Waals surface area contributed by atoms with E-state index in [0.29, 0.717) is 41.4 Å². The fourth-order valence-corrected chi connectivity index (χ4v) is 7.51. The number of hydrogen-bond donors (Lipinski definition) is 1. The Balaban J connectivity index is 0.00000616. The Hall–Kier alpha value is -2.57. The third-order valence-electron chi connectivity index (χ3n) is 5.91. The number of pyridine rings is 1. The number of nitrogens with two attached hydrogens (primary N) is 1. The van der Waals surface area contributed by atoms with E-state index in [0.717, 1.165) is 11.8 Å². The summed E-state index contributed by atoms with van der Waals surface area (Å²) in [6.07, 6.45) is 0.358. The molecule has 10 nitrogen and oxygen atoms in total. The molecule has 1 saturated heterocycles. The smallest absolute Gasteiger partial charge is 0.368 e. The average molecular weight is 634 g/mol. The van der Waals surface area contributed by atoms with Gasteiger partial charge in [0.15, 0.2) is 0 Å². The Kier molecular flexibility index (Phi) is 12.1. The highest BCUT2D eigenvalue weighted by Crippen LogP contribution is 2.57. The molecule has 2 atom stereocenters. The van der Waals surface area contributed by atoms with Crippen LogP contribution < -0.4 is 10.6 Å². The predicted molar refractivity (Wildman–Crippen MR) is 169 cm³/mol. The normalized spacial score (nSPS) is 16.3. The first-order valence-electron chi connectivity index (χ1n) is 13.4. The fourth-order valence-electron chi connectivity index (χ4n) is 4.45. The lowest BCUT2D eigenvalue weighted by Gasteiger charge is -2.32. The van der Waals surface area contributed by atoms with Gasteiger partial charge in [0.25, 0.3) is 0 Å². The molecule has 13 heteroatoms. The maximum atomic E-state index is 13.7. The SMILES string of the molecule is CCc1c(C#N)c(S[C@H](C(N)=O)c2ccccc2)nc(N2CC[C@H](OP(=O)(OC(C)(C)C)OC(C)(C)C)C2)c1C#N.S. The van der Waals surface area contributed by atoms with Gasteiger partial charge in [-0.25, -0.2) is 9.55 Å². The number of anilines is 1. The van der Waals surface area contributed by atoms with E-state index >= 15 is 0 Å². The van der Waals surface area contributed by atoms with Gasteiger partial charge >= 0.3 is 7.82 Å². The minimum absolute atomic E-state index is 0. The number of phosphoric acid groups is 1. The van der Waals surface area contributed by atoms with Crippen molar-refractivity contribution in [3.8, 4) is 12.1 Å². The molecular formula is C29H40N5O5PS2. The van der Waals surface area contributed by atoms with Crippen molar-refractivity contribution in [3.05, 3.63) is 52.6 Å². The largest absolute Gasteiger partial charge is 0.476 e. The van der Waals surface area contributed by atoms with E-state index in [2.05, 4.69) is 12.1 Å². The van der Waals surface area contributed by atoms with Gasteiger partial charge in [-0.3, -0.25) is 18.4 Å². The zero-order chi connectivity index (χ0) is 30.6. The quantitative estimate of drug-likeness (QED) is 0.238. The van der Waals surface area contributed by atoms with Crippen molar-refractivity contribution in [1.29, 1.82) is 10.5 Å². The van der Waals surface area contributed by atoms with Gasteiger partial charge in [0.05, 0.1) is 28.4 Å². The Labute approximate surface area is 260 Å². The lowest BCUT2D eigenvalue weighted by atomic mass is 10.0. The van der Waals surface area contributed by atoms with Gasteiger partial charge in [-0.05, 0) is 65.5 Å². The first-order valence-corrected chi connectivity index (χ1v) is 15.8. The van der Waals surface area contributed by atoms with Crippen LogP contribution in [0.15, 0.2) is 35.4 Å². The standard InChI is InChI=1S/C29H38N5O5PS.H2S/c1-8-21-22(16-30)26(33-27(23(21)17-31)41-24(25(32)35)19-12-10-9-11-13-19)34-15-14-20(18-34)37-40(36,38-28(2,3)4)39-29(5,6)7;/h9-13,20,24H,8,14-15,18H2,1-7H3,(H2,32,35);1H2/t20-,24-;/m0./s1. The summed E-state index contributed by atoms with van der Waals surface area (Å²) in [6.45, 7) is 13.2. The molecule has 42 heavy (non-hydrogen) atoms. The highest BCUT2D eigenvalue weighted by molar-refractivity contribution is 8.00. The van der Waals surface area contributed by atoms with Crippen LogP contribution in [0.3, 0.4) is 0 Å². The molecule has 1 aliphatic rings. The average Bonchev–Trinajstić information content (AvgIpc) is 3.31. The molecule has 1 amide bonds. The van der Waals surface area contributed by atoms with Crippen molar-refractivity contribution < 1.29 is 22.9 Å². The third kappa shape index (κ3) is 9.21. The molecule has 0 aliphatic carbocycles. The van der Waals surface area contributed by atoms with Crippen molar-refractivity contribution >= 4 is 44.8 Å². The van der Waals surface area contributed by atoms with Crippen LogP contribution in [0.5, 0.6) is 0 Å². The van der Waals surface area contributed by atoms with Crippen LogP contribution in [0.1, 0.15) is 82.4 Å². The molecule has 2 N–H and O–H groups in total. The Morgan fingerprint density at radius 2 is 1.69 bits per heavy atom. The lowest BCUT2D eigenvalue weighted by molar-refractivity contribution is -0.117. The number of phosphoric ester groups is 1. The molecule has 2 heterocycles. The fraction of sp³-hybridized carbons (Fsp3) is 0.517. The summed E-state index contributed by atoms with van der Waals surface area (Å²) in [7, 11) is -3.96. The van der Waals surface area contributed by atoms with Crippen LogP contribution in [-0.2, 0) is 29.4 Å². The maximum absolute atomic E-state index is 13.7. The first kappa shape index (κ1) is 35.6. The van der Waals surface area contributed by atoms with Gasteiger partial charge in [0.1, 0.15) is 28.2 Å². The molecule has 1 aliphatic heterocycles. The second-order valence-corrected chi connectivity index (χ2v) is 14.2. The minimum atomic E-state index is -3.96. The maximum Gasteiger partial charge on any atom is 0.476 e. The monoisotopic (exact) mass is 633 g/mol. The number of thioether (sulfide) groups is 1. The van der Waals surface area contributed by atoms with Gasteiger partial charge in [-0.1, -0.05) is 49.0 Å². The number of benzene rings is 1. The van der Waals surface area contributed by atoms with E-state index in [1.807, 2.05) is 30.0 Å². The topological polar surface area (TPSA) is 152 Å². The summed E-state index contributed by atoms with van der Waals surface area (Å²) < 4.78 is 31.3.